The quantitative estimate of drug-likeness (QED) is 0.763. The lowest BCUT2D eigenvalue weighted by Gasteiger charge is -2.21. The Balaban J connectivity index is 2.70. The molecule has 0 heterocycles. The third-order valence-corrected chi connectivity index (χ3v) is 2.42. The lowest BCUT2D eigenvalue weighted by Crippen LogP contribution is -2.33. The summed E-state index contributed by atoms with van der Waals surface area (Å²) in [5.41, 5.74) is 7.51. The van der Waals surface area contributed by atoms with E-state index in [9.17, 15) is 4.79 Å². The van der Waals surface area contributed by atoms with Crippen molar-refractivity contribution in [2.24, 2.45) is 0 Å². The van der Waals surface area contributed by atoms with E-state index in [1.54, 1.807) is 4.90 Å². The number of ether oxygens (including phenoxy) is 1. The first kappa shape index (κ1) is 12.5. The predicted octanol–water partition coefficient (Wildman–Crippen LogP) is 1.26. The molecular formula is C12H18N2O2. The maximum Gasteiger partial charge on any atom is 0.248 e. The van der Waals surface area contributed by atoms with E-state index in [0.29, 0.717) is 18.8 Å². The van der Waals surface area contributed by atoms with Crippen LogP contribution in [-0.4, -0.2) is 31.1 Å². The SMILES string of the molecule is CCN(Cc1ccccc1N)C(=O)COC. The Kier molecular flexibility index (Phi) is 4.79. The average molecular weight is 222 g/mol. The zero-order valence-electron chi connectivity index (χ0n) is 9.77. The molecule has 0 unspecified atom stereocenters. The number of carbonyl (C=O) groups excluding carboxylic acids is 1. The maximum absolute atomic E-state index is 11.7. The first-order valence-corrected chi connectivity index (χ1v) is 5.29. The van der Waals surface area contributed by atoms with Gasteiger partial charge in [-0.2, -0.15) is 0 Å². The largest absolute Gasteiger partial charge is 0.398 e. The number of nitrogens with two attached hydrogens (primary N) is 1. The fourth-order valence-electron chi connectivity index (χ4n) is 1.47. The highest BCUT2D eigenvalue weighted by Gasteiger charge is 2.12. The molecular weight excluding hydrogens is 204 g/mol. The van der Waals surface area contributed by atoms with Gasteiger partial charge < -0.3 is 15.4 Å². The molecule has 16 heavy (non-hydrogen) atoms. The number of carbonyl (C=O) groups is 1. The number of hydrogen-bond acceptors (Lipinski definition) is 3. The lowest BCUT2D eigenvalue weighted by atomic mass is 10.1. The van der Waals surface area contributed by atoms with Gasteiger partial charge in [0.05, 0.1) is 0 Å². The summed E-state index contributed by atoms with van der Waals surface area (Å²) in [7, 11) is 1.52. The molecule has 1 aromatic rings. The van der Waals surface area contributed by atoms with E-state index in [1.165, 1.54) is 7.11 Å². The van der Waals surface area contributed by atoms with Crippen LogP contribution < -0.4 is 5.73 Å². The second-order valence-electron chi connectivity index (χ2n) is 3.54. The summed E-state index contributed by atoms with van der Waals surface area (Å²) >= 11 is 0. The molecule has 0 aliphatic carbocycles. The molecule has 0 saturated heterocycles. The third kappa shape index (κ3) is 3.24. The van der Waals surface area contributed by atoms with Gasteiger partial charge in [-0.1, -0.05) is 18.2 Å². The van der Waals surface area contributed by atoms with E-state index in [4.69, 9.17) is 10.5 Å². The fraction of sp³-hybridized carbons (Fsp3) is 0.417. The number of para-hydroxylation sites is 1. The third-order valence-electron chi connectivity index (χ3n) is 2.42. The molecule has 0 fully saturated rings. The van der Waals surface area contributed by atoms with Gasteiger partial charge in [-0.25, -0.2) is 0 Å². The summed E-state index contributed by atoms with van der Waals surface area (Å²) in [6.07, 6.45) is 0. The van der Waals surface area contributed by atoms with Gasteiger partial charge >= 0.3 is 0 Å². The molecule has 0 saturated carbocycles. The molecule has 2 N–H and O–H groups in total. The van der Waals surface area contributed by atoms with Crippen LogP contribution >= 0.6 is 0 Å². The van der Waals surface area contributed by atoms with E-state index in [-0.39, 0.29) is 12.5 Å². The Labute approximate surface area is 96.0 Å². The van der Waals surface area contributed by atoms with Crippen molar-refractivity contribution in [3.05, 3.63) is 29.8 Å². The van der Waals surface area contributed by atoms with Crippen LogP contribution in [0.4, 0.5) is 5.69 Å². The Hall–Kier alpha value is -1.55. The van der Waals surface area contributed by atoms with Crippen molar-refractivity contribution in [1.29, 1.82) is 0 Å². The molecule has 4 nitrogen and oxygen atoms in total. The van der Waals surface area contributed by atoms with Crippen LogP contribution in [-0.2, 0) is 16.1 Å². The standard InChI is InChI=1S/C12H18N2O2/c1-3-14(12(15)9-16-2)8-10-6-4-5-7-11(10)13/h4-7H,3,8-9,13H2,1-2H3. The number of hydrogen-bond donors (Lipinski definition) is 1. The number of benzene rings is 1. The zero-order chi connectivity index (χ0) is 12.0. The average Bonchev–Trinajstić information content (AvgIpc) is 2.28. The number of nitrogens with zero attached hydrogens (tertiary/aromatic N) is 1. The van der Waals surface area contributed by atoms with Crippen LogP contribution in [0.5, 0.6) is 0 Å². The summed E-state index contributed by atoms with van der Waals surface area (Å²) in [6, 6.07) is 7.56. The van der Waals surface area contributed by atoms with Crippen molar-refractivity contribution in [2.75, 3.05) is 26.0 Å². The number of nitrogen functional groups attached to an aromatic ring is 1. The minimum atomic E-state index is -0.0201. The highest BCUT2D eigenvalue weighted by molar-refractivity contribution is 5.77. The minimum absolute atomic E-state index is 0.0201. The highest BCUT2D eigenvalue weighted by Crippen LogP contribution is 2.13. The molecule has 0 aliphatic heterocycles. The monoisotopic (exact) mass is 222 g/mol. The van der Waals surface area contributed by atoms with Crippen molar-refractivity contribution in [3.63, 3.8) is 0 Å². The molecule has 1 aromatic carbocycles. The van der Waals surface area contributed by atoms with Crippen molar-refractivity contribution in [1.82, 2.24) is 4.90 Å². The molecule has 1 amide bonds. The smallest absolute Gasteiger partial charge is 0.248 e. The van der Waals surface area contributed by atoms with Crippen LogP contribution in [0, 0.1) is 0 Å². The Morgan fingerprint density at radius 3 is 2.69 bits per heavy atom. The minimum Gasteiger partial charge on any atom is -0.398 e. The van der Waals surface area contributed by atoms with Gasteiger partial charge in [0.25, 0.3) is 0 Å². The van der Waals surface area contributed by atoms with Gasteiger partial charge in [0.2, 0.25) is 5.91 Å². The van der Waals surface area contributed by atoms with Gasteiger partial charge in [0.15, 0.2) is 0 Å². The van der Waals surface area contributed by atoms with Gasteiger partial charge in [-0.3, -0.25) is 4.79 Å². The van der Waals surface area contributed by atoms with Crippen LogP contribution in [0.1, 0.15) is 12.5 Å². The molecule has 0 bridgehead atoms. The van der Waals surface area contributed by atoms with Crippen molar-refractivity contribution < 1.29 is 9.53 Å². The maximum atomic E-state index is 11.7. The van der Waals surface area contributed by atoms with Crippen LogP contribution in [0.15, 0.2) is 24.3 Å². The molecule has 0 spiro atoms. The molecule has 4 heteroatoms. The number of amides is 1. The van der Waals surface area contributed by atoms with Crippen molar-refractivity contribution in [3.8, 4) is 0 Å². The Morgan fingerprint density at radius 1 is 1.44 bits per heavy atom. The fourth-order valence-corrected chi connectivity index (χ4v) is 1.47. The van der Waals surface area contributed by atoms with Gasteiger partial charge in [0.1, 0.15) is 6.61 Å². The second-order valence-corrected chi connectivity index (χ2v) is 3.54. The summed E-state index contributed by atoms with van der Waals surface area (Å²) in [6.45, 7) is 3.23. The van der Waals surface area contributed by atoms with Crippen molar-refractivity contribution in [2.45, 2.75) is 13.5 Å². The lowest BCUT2D eigenvalue weighted by molar-refractivity contribution is -0.135. The zero-order valence-corrected chi connectivity index (χ0v) is 9.77. The molecule has 88 valence electrons. The first-order chi connectivity index (χ1) is 7.69. The van der Waals surface area contributed by atoms with Crippen LogP contribution in [0.2, 0.25) is 0 Å². The summed E-state index contributed by atoms with van der Waals surface area (Å²) in [5, 5.41) is 0. The van der Waals surface area contributed by atoms with E-state index >= 15 is 0 Å². The topological polar surface area (TPSA) is 55.6 Å². The number of anilines is 1. The number of likely N-dealkylation sites (N-methyl/N-ethyl adjacent to an activating group) is 1. The number of methoxy groups -OCH3 is 1. The number of rotatable bonds is 5. The Morgan fingerprint density at radius 2 is 2.12 bits per heavy atom. The van der Waals surface area contributed by atoms with E-state index < -0.39 is 0 Å². The normalized spacial score (nSPS) is 10.1. The summed E-state index contributed by atoms with van der Waals surface area (Å²) in [5.74, 6) is -0.0201. The molecule has 1 rings (SSSR count). The van der Waals surface area contributed by atoms with E-state index in [0.717, 1.165) is 5.56 Å². The van der Waals surface area contributed by atoms with E-state index in [2.05, 4.69) is 0 Å². The molecule has 0 radical (unpaired) electrons. The van der Waals surface area contributed by atoms with Crippen molar-refractivity contribution >= 4 is 11.6 Å². The molecule has 0 aromatic heterocycles. The summed E-state index contributed by atoms with van der Waals surface area (Å²) in [4.78, 5) is 13.4. The summed E-state index contributed by atoms with van der Waals surface area (Å²) < 4.78 is 4.83. The van der Waals surface area contributed by atoms with Crippen LogP contribution in [0.25, 0.3) is 0 Å². The first-order valence-electron chi connectivity index (χ1n) is 5.29. The molecule has 0 atom stereocenters. The van der Waals surface area contributed by atoms with Gasteiger partial charge in [-0.05, 0) is 18.6 Å². The van der Waals surface area contributed by atoms with Crippen LogP contribution in [0.3, 0.4) is 0 Å². The molecule has 0 aliphatic rings. The van der Waals surface area contributed by atoms with Gasteiger partial charge in [0, 0.05) is 25.9 Å². The Bertz CT molecular complexity index is 353. The van der Waals surface area contributed by atoms with E-state index in [1.807, 2.05) is 31.2 Å². The second kappa shape index (κ2) is 6.12. The highest BCUT2D eigenvalue weighted by atomic mass is 16.5. The predicted molar refractivity (Wildman–Crippen MR) is 63.8 cm³/mol. The van der Waals surface area contributed by atoms with Gasteiger partial charge in [-0.15, -0.1) is 0 Å².